The normalized spacial score (nSPS) is 17.6. The van der Waals surface area contributed by atoms with Crippen molar-refractivity contribution in [3.63, 3.8) is 0 Å². The molecule has 3 rings (SSSR count). The van der Waals surface area contributed by atoms with Crippen molar-refractivity contribution in [2.75, 3.05) is 13.2 Å². The molecule has 20 heavy (non-hydrogen) atoms. The fraction of sp³-hybridized carbons (Fsp3) is 0.294. The zero-order chi connectivity index (χ0) is 13.8. The molecule has 0 amide bonds. The van der Waals surface area contributed by atoms with Crippen molar-refractivity contribution >= 4 is 0 Å². The van der Waals surface area contributed by atoms with Crippen molar-refractivity contribution in [2.45, 2.75) is 19.1 Å². The van der Waals surface area contributed by atoms with Crippen molar-refractivity contribution in [3.05, 3.63) is 65.2 Å². The van der Waals surface area contributed by atoms with Crippen LogP contribution in [0.3, 0.4) is 0 Å². The van der Waals surface area contributed by atoms with E-state index in [-0.39, 0.29) is 12.7 Å². The maximum absolute atomic E-state index is 9.13. The van der Waals surface area contributed by atoms with Gasteiger partial charge in [0.1, 0.15) is 18.5 Å². The van der Waals surface area contributed by atoms with Crippen LogP contribution >= 0.6 is 0 Å². The lowest BCUT2D eigenvalue weighted by atomic mass is 9.98. The van der Waals surface area contributed by atoms with Crippen molar-refractivity contribution < 1.29 is 14.6 Å². The van der Waals surface area contributed by atoms with E-state index in [0.717, 1.165) is 24.3 Å². The summed E-state index contributed by atoms with van der Waals surface area (Å²) < 4.78 is 11.6. The average molecular weight is 270 g/mol. The monoisotopic (exact) mass is 270 g/mol. The fourth-order valence-corrected chi connectivity index (χ4v) is 2.52. The van der Waals surface area contributed by atoms with Crippen LogP contribution in [0, 0.1) is 0 Å². The first-order valence-electron chi connectivity index (χ1n) is 6.89. The maximum atomic E-state index is 9.13. The SMILES string of the molecule is OCc1cccc(OCC2OCCc3ccccc32)c1. The number of aliphatic hydroxyl groups is 1. The van der Waals surface area contributed by atoms with Gasteiger partial charge in [0, 0.05) is 0 Å². The molecule has 0 radical (unpaired) electrons. The molecule has 0 aliphatic carbocycles. The summed E-state index contributed by atoms with van der Waals surface area (Å²) in [5.74, 6) is 0.767. The van der Waals surface area contributed by atoms with E-state index in [1.54, 1.807) is 0 Å². The van der Waals surface area contributed by atoms with Gasteiger partial charge in [0.2, 0.25) is 0 Å². The molecular formula is C17H18O3. The number of aliphatic hydroxyl groups excluding tert-OH is 1. The fourth-order valence-electron chi connectivity index (χ4n) is 2.52. The van der Waals surface area contributed by atoms with Gasteiger partial charge in [0.25, 0.3) is 0 Å². The average Bonchev–Trinajstić information content (AvgIpc) is 2.53. The molecule has 1 heterocycles. The lowest BCUT2D eigenvalue weighted by molar-refractivity contribution is 0.0102. The van der Waals surface area contributed by atoms with Crippen LogP contribution in [0.5, 0.6) is 5.75 Å². The number of fused-ring (bicyclic) bond motifs is 1. The maximum Gasteiger partial charge on any atom is 0.119 e. The molecule has 0 fully saturated rings. The summed E-state index contributed by atoms with van der Waals surface area (Å²) in [5.41, 5.74) is 3.42. The van der Waals surface area contributed by atoms with Gasteiger partial charge in [-0.15, -0.1) is 0 Å². The molecule has 1 aliphatic rings. The molecule has 0 spiro atoms. The Balaban J connectivity index is 1.70. The number of benzene rings is 2. The smallest absolute Gasteiger partial charge is 0.119 e. The van der Waals surface area contributed by atoms with Gasteiger partial charge in [-0.1, -0.05) is 36.4 Å². The lowest BCUT2D eigenvalue weighted by Crippen LogP contribution is -2.21. The van der Waals surface area contributed by atoms with E-state index < -0.39 is 0 Å². The van der Waals surface area contributed by atoms with Crippen LogP contribution in [-0.2, 0) is 17.8 Å². The Bertz CT molecular complexity index is 580. The van der Waals surface area contributed by atoms with Gasteiger partial charge >= 0.3 is 0 Å². The summed E-state index contributed by atoms with van der Waals surface area (Å²) >= 11 is 0. The van der Waals surface area contributed by atoms with Crippen LogP contribution in [0.1, 0.15) is 22.8 Å². The van der Waals surface area contributed by atoms with E-state index in [9.17, 15) is 0 Å². The highest BCUT2D eigenvalue weighted by atomic mass is 16.5. The predicted molar refractivity (Wildman–Crippen MR) is 76.7 cm³/mol. The minimum absolute atomic E-state index is 0.0160. The Morgan fingerprint density at radius 1 is 1.15 bits per heavy atom. The zero-order valence-corrected chi connectivity index (χ0v) is 11.3. The lowest BCUT2D eigenvalue weighted by Gasteiger charge is -2.26. The first-order valence-corrected chi connectivity index (χ1v) is 6.89. The van der Waals surface area contributed by atoms with Gasteiger partial charge in [-0.3, -0.25) is 0 Å². The first kappa shape index (κ1) is 13.2. The molecule has 104 valence electrons. The summed E-state index contributed by atoms with van der Waals surface area (Å²) in [6, 6.07) is 15.9. The highest BCUT2D eigenvalue weighted by Gasteiger charge is 2.20. The molecule has 2 aromatic rings. The van der Waals surface area contributed by atoms with Crippen LogP contribution in [-0.4, -0.2) is 18.3 Å². The van der Waals surface area contributed by atoms with Crippen molar-refractivity contribution in [1.82, 2.24) is 0 Å². The predicted octanol–water partition coefficient (Wildman–Crippen LogP) is 2.87. The quantitative estimate of drug-likeness (QED) is 0.928. The van der Waals surface area contributed by atoms with Gasteiger partial charge in [-0.25, -0.2) is 0 Å². The van der Waals surface area contributed by atoms with E-state index in [1.165, 1.54) is 11.1 Å². The van der Waals surface area contributed by atoms with Crippen molar-refractivity contribution in [2.24, 2.45) is 0 Å². The third kappa shape index (κ3) is 2.84. The Kier molecular flexibility index (Phi) is 4.00. The van der Waals surface area contributed by atoms with Gasteiger partial charge in [-0.2, -0.15) is 0 Å². The number of hydrogen-bond donors (Lipinski definition) is 1. The summed E-state index contributed by atoms with van der Waals surface area (Å²) in [6.07, 6.45) is 0.949. The van der Waals surface area contributed by atoms with E-state index in [4.69, 9.17) is 14.6 Å². The van der Waals surface area contributed by atoms with Gasteiger partial charge in [-0.05, 0) is 35.2 Å². The van der Waals surface area contributed by atoms with E-state index in [1.807, 2.05) is 30.3 Å². The number of rotatable bonds is 4. The second-order valence-electron chi connectivity index (χ2n) is 4.92. The Hall–Kier alpha value is -1.84. The summed E-state index contributed by atoms with van der Waals surface area (Å²) in [6.45, 7) is 1.26. The second kappa shape index (κ2) is 6.07. The zero-order valence-electron chi connectivity index (χ0n) is 11.3. The van der Waals surface area contributed by atoms with Crippen molar-refractivity contribution in [1.29, 1.82) is 0 Å². The molecule has 1 N–H and O–H groups in total. The molecule has 0 saturated heterocycles. The molecule has 0 aromatic heterocycles. The Labute approximate surface area is 118 Å². The van der Waals surface area contributed by atoms with E-state index in [2.05, 4.69) is 18.2 Å². The highest BCUT2D eigenvalue weighted by molar-refractivity contribution is 5.32. The second-order valence-corrected chi connectivity index (χ2v) is 4.92. The van der Waals surface area contributed by atoms with Crippen LogP contribution in [0.2, 0.25) is 0 Å². The van der Waals surface area contributed by atoms with Crippen LogP contribution in [0.15, 0.2) is 48.5 Å². The number of hydrogen-bond acceptors (Lipinski definition) is 3. The van der Waals surface area contributed by atoms with Crippen molar-refractivity contribution in [3.8, 4) is 5.75 Å². The molecular weight excluding hydrogens is 252 g/mol. The molecule has 2 aromatic carbocycles. The first-order chi connectivity index (χ1) is 9.86. The van der Waals surface area contributed by atoms with Crippen LogP contribution < -0.4 is 4.74 Å². The third-order valence-electron chi connectivity index (χ3n) is 3.57. The summed E-state index contributed by atoms with van der Waals surface area (Å²) in [7, 11) is 0. The molecule has 3 heteroatoms. The topological polar surface area (TPSA) is 38.7 Å². The molecule has 1 aliphatic heterocycles. The molecule has 3 nitrogen and oxygen atoms in total. The standard InChI is InChI=1S/C17H18O3/c18-11-13-4-3-6-15(10-13)20-12-17-16-7-2-1-5-14(16)8-9-19-17/h1-7,10,17-18H,8-9,11-12H2. The van der Waals surface area contributed by atoms with Crippen LogP contribution in [0.25, 0.3) is 0 Å². The van der Waals surface area contributed by atoms with E-state index >= 15 is 0 Å². The summed E-state index contributed by atoms with van der Waals surface area (Å²) in [4.78, 5) is 0. The number of ether oxygens (including phenoxy) is 2. The van der Waals surface area contributed by atoms with Gasteiger partial charge in [0.15, 0.2) is 0 Å². The Morgan fingerprint density at radius 3 is 2.95 bits per heavy atom. The molecule has 1 unspecified atom stereocenters. The minimum Gasteiger partial charge on any atom is -0.491 e. The third-order valence-corrected chi connectivity index (χ3v) is 3.57. The summed E-state index contributed by atoms with van der Waals surface area (Å²) in [5, 5.41) is 9.13. The largest absolute Gasteiger partial charge is 0.491 e. The molecule has 1 atom stereocenters. The highest BCUT2D eigenvalue weighted by Crippen LogP contribution is 2.27. The van der Waals surface area contributed by atoms with E-state index in [0.29, 0.717) is 6.61 Å². The molecule has 0 bridgehead atoms. The van der Waals surface area contributed by atoms with Gasteiger partial charge in [0.05, 0.1) is 13.2 Å². The molecule has 0 saturated carbocycles. The van der Waals surface area contributed by atoms with Crippen LogP contribution in [0.4, 0.5) is 0 Å². The van der Waals surface area contributed by atoms with Gasteiger partial charge < -0.3 is 14.6 Å². The minimum atomic E-state index is -0.0160. The Morgan fingerprint density at radius 2 is 2.05 bits per heavy atom.